The Morgan fingerprint density at radius 2 is 1.42 bits per heavy atom. The van der Waals surface area contributed by atoms with Crippen molar-refractivity contribution in [2.75, 3.05) is 6.54 Å². The number of carbonyl (C=O) groups is 2. The molecule has 2 amide bonds. The zero-order valence-electron chi connectivity index (χ0n) is 10.8. The van der Waals surface area contributed by atoms with Gasteiger partial charge in [-0.3, -0.25) is 14.5 Å². The minimum atomic E-state index is -0.297. The Morgan fingerprint density at radius 3 is 1.84 bits per heavy atom. The monoisotopic (exact) mass is 253 g/mol. The van der Waals surface area contributed by atoms with E-state index in [9.17, 15) is 9.59 Å². The van der Waals surface area contributed by atoms with Crippen molar-refractivity contribution in [3.05, 3.63) is 58.0 Å². The summed E-state index contributed by atoms with van der Waals surface area (Å²) in [4.78, 5) is 25.6. The number of amides is 2. The summed E-state index contributed by atoms with van der Waals surface area (Å²) >= 11 is 0. The highest BCUT2D eigenvalue weighted by Crippen LogP contribution is 2.09. The van der Waals surface area contributed by atoms with Crippen molar-refractivity contribution in [3.8, 4) is 0 Å². The van der Waals surface area contributed by atoms with Crippen LogP contribution in [0.25, 0.3) is 13.2 Å². The van der Waals surface area contributed by atoms with Crippen LogP contribution in [0.2, 0.25) is 0 Å². The Kier molecular flexibility index (Phi) is 3.47. The van der Waals surface area contributed by atoms with E-state index in [0.29, 0.717) is 22.9 Å². The zero-order chi connectivity index (χ0) is 14.0. The third-order valence-corrected chi connectivity index (χ3v) is 3.06. The molecule has 0 N–H and O–H groups in total. The number of hydrogen-bond acceptors (Lipinski definition) is 2. The first kappa shape index (κ1) is 13.0. The molecule has 0 spiro atoms. The van der Waals surface area contributed by atoms with Gasteiger partial charge < -0.3 is 0 Å². The third-order valence-electron chi connectivity index (χ3n) is 3.06. The SMILES string of the molecule is C=c1cccc2c(=C)c(ccc1)C(=O)N(CC)C2=O. The van der Waals surface area contributed by atoms with Crippen LogP contribution in [0.1, 0.15) is 27.6 Å². The van der Waals surface area contributed by atoms with Crippen molar-refractivity contribution in [1.82, 2.24) is 4.90 Å². The third kappa shape index (κ3) is 2.27. The molecular weight excluding hydrogens is 238 g/mol. The lowest BCUT2D eigenvalue weighted by molar-refractivity contribution is 0.0612. The van der Waals surface area contributed by atoms with E-state index < -0.39 is 0 Å². The average Bonchev–Trinajstić information content (AvgIpc) is 2.37. The Labute approximate surface area is 111 Å². The maximum Gasteiger partial charge on any atom is 0.261 e. The van der Waals surface area contributed by atoms with Crippen LogP contribution in [0.5, 0.6) is 0 Å². The van der Waals surface area contributed by atoms with E-state index >= 15 is 0 Å². The molecule has 0 atom stereocenters. The van der Waals surface area contributed by atoms with Gasteiger partial charge in [-0.2, -0.15) is 0 Å². The van der Waals surface area contributed by atoms with Gasteiger partial charge in [-0.1, -0.05) is 37.4 Å². The summed E-state index contributed by atoms with van der Waals surface area (Å²) in [5, 5.41) is 1.27. The van der Waals surface area contributed by atoms with Crippen molar-refractivity contribution >= 4 is 25.0 Å². The Balaban J connectivity index is 2.88. The molecule has 96 valence electrons. The molecule has 3 nitrogen and oxygen atoms in total. The summed E-state index contributed by atoms with van der Waals surface area (Å²) in [6, 6.07) is 10.5. The normalized spacial score (nSPS) is 13.2. The summed E-state index contributed by atoms with van der Waals surface area (Å²) in [5.41, 5.74) is 0.902. The van der Waals surface area contributed by atoms with Crippen LogP contribution >= 0.6 is 0 Å². The number of hydrogen-bond donors (Lipinski definition) is 0. The van der Waals surface area contributed by atoms with Crippen LogP contribution in [0.4, 0.5) is 0 Å². The van der Waals surface area contributed by atoms with E-state index in [1.165, 1.54) is 4.90 Å². The maximum atomic E-state index is 12.2. The van der Waals surface area contributed by atoms with E-state index in [4.69, 9.17) is 0 Å². The molecule has 1 aromatic rings. The van der Waals surface area contributed by atoms with E-state index in [1.54, 1.807) is 43.3 Å². The molecule has 0 radical (unpaired) electrons. The van der Waals surface area contributed by atoms with Crippen molar-refractivity contribution in [2.24, 2.45) is 0 Å². The van der Waals surface area contributed by atoms with Crippen LogP contribution in [0, 0.1) is 0 Å². The molecule has 0 saturated carbocycles. The van der Waals surface area contributed by atoms with Gasteiger partial charge in [0.25, 0.3) is 11.8 Å². The Bertz CT molecular complexity index is 651. The van der Waals surface area contributed by atoms with Crippen molar-refractivity contribution < 1.29 is 9.59 Å². The quantitative estimate of drug-likeness (QED) is 0.706. The van der Waals surface area contributed by atoms with Crippen LogP contribution in [-0.2, 0) is 0 Å². The van der Waals surface area contributed by atoms with Crippen LogP contribution in [0.3, 0.4) is 0 Å². The summed E-state index contributed by atoms with van der Waals surface area (Å²) < 4.78 is 0. The first-order valence-corrected chi connectivity index (χ1v) is 6.07. The number of carbonyl (C=O) groups excluding carboxylic acids is 2. The van der Waals surface area contributed by atoms with Gasteiger partial charge in [0, 0.05) is 17.7 Å². The summed E-state index contributed by atoms with van der Waals surface area (Å²) in [6.45, 7) is 9.82. The molecular formula is C16H15NO2. The molecule has 1 aromatic carbocycles. The molecule has 19 heavy (non-hydrogen) atoms. The highest BCUT2D eigenvalue weighted by Gasteiger charge is 2.28. The fourth-order valence-corrected chi connectivity index (χ4v) is 2.01. The van der Waals surface area contributed by atoms with Gasteiger partial charge in [0.15, 0.2) is 0 Å². The molecule has 1 heterocycles. The van der Waals surface area contributed by atoms with Gasteiger partial charge in [0.1, 0.15) is 0 Å². The van der Waals surface area contributed by atoms with Gasteiger partial charge in [-0.05, 0) is 29.5 Å². The minimum Gasteiger partial charge on any atom is -0.275 e. The van der Waals surface area contributed by atoms with Gasteiger partial charge >= 0.3 is 0 Å². The van der Waals surface area contributed by atoms with E-state index in [1.807, 2.05) is 0 Å². The summed E-state index contributed by atoms with van der Waals surface area (Å²) in [6.07, 6.45) is 0. The van der Waals surface area contributed by atoms with Crippen LogP contribution in [-0.4, -0.2) is 23.3 Å². The van der Waals surface area contributed by atoms with Crippen LogP contribution < -0.4 is 10.4 Å². The van der Waals surface area contributed by atoms with Crippen molar-refractivity contribution in [3.63, 3.8) is 0 Å². The van der Waals surface area contributed by atoms with E-state index in [0.717, 1.165) is 5.22 Å². The average molecular weight is 253 g/mol. The predicted octanol–water partition coefficient (Wildman–Crippen LogP) is 1.25. The minimum absolute atomic E-state index is 0.297. The molecule has 0 aliphatic carbocycles. The Hall–Kier alpha value is -2.42. The lowest BCUT2D eigenvalue weighted by Gasteiger charge is -2.23. The highest BCUT2D eigenvalue weighted by atomic mass is 16.2. The van der Waals surface area contributed by atoms with E-state index in [-0.39, 0.29) is 11.8 Å². The van der Waals surface area contributed by atoms with Gasteiger partial charge in [-0.25, -0.2) is 0 Å². The standard InChI is InChI=1S/C16H15NO2/c1-4-17-15(18)13-9-5-7-11(2)8-6-10-14(12(13)3)16(17)19/h5-10H,2-4H2,1H3. The predicted molar refractivity (Wildman–Crippen MR) is 75.4 cm³/mol. The topological polar surface area (TPSA) is 37.4 Å². The fourth-order valence-electron chi connectivity index (χ4n) is 2.01. The first-order valence-electron chi connectivity index (χ1n) is 6.07. The van der Waals surface area contributed by atoms with Crippen LogP contribution in [0.15, 0.2) is 36.4 Å². The molecule has 0 saturated heterocycles. The molecule has 0 aromatic heterocycles. The number of imide groups is 1. The second kappa shape index (κ2) is 5.06. The molecule has 3 heteroatoms. The summed E-state index contributed by atoms with van der Waals surface area (Å²) in [5.74, 6) is -0.594. The molecule has 1 aliphatic rings. The second-order valence-electron chi connectivity index (χ2n) is 4.29. The molecule has 2 bridgehead atoms. The summed E-state index contributed by atoms with van der Waals surface area (Å²) in [7, 11) is 0. The molecule has 2 rings (SSSR count). The largest absolute Gasteiger partial charge is 0.275 e. The zero-order valence-corrected chi connectivity index (χ0v) is 10.8. The number of rotatable bonds is 1. The van der Waals surface area contributed by atoms with Crippen molar-refractivity contribution in [2.45, 2.75) is 6.92 Å². The number of nitrogens with zero attached hydrogens (tertiary/aromatic N) is 1. The number of fused-ring (bicyclic) bond motifs is 2. The second-order valence-corrected chi connectivity index (χ2v) is 4.29. The molecule has 0 fully saturated rings. The molecule has 0 unspecified atom stereocenters. The van der Waals surface area contributed by atoms with Gasteiger partial charge in [-0.15, -0.1) is 0 Å². The maximum absolute atomic E-state index is 12.2. The highest BCUT2D eigenvalue weighted by molar-refractivity contribution is 6.14. The molecule has 1 aliphatic heterocycles. The fraction of sp³-hybridized carbons (Fsp3) is 0.125. The van der Waals surface area contributed by atoms with Gasteiger partial charge in [0.05, 0.1) is 0 Å². The Morgan fingerprint density at radius 1 is 0.947 bits per heavy atom. The van der Waals surface area contributed by atoms with Gasteiger partial charge in [0.2, 0.25) is 0 Å². The lowest BCUT2D eigenvalue weighted by atomic mass is 10.0. The smallest absolute Gasteiger partial charge is 0.261 e. The lowest BCUT2D eigenvalue weighted by Crippen LogP contribution is -2.45. The first-order chi connectivity index (χ1) is 9.06. The van der Waals surface area contributed by atoms with E-state index in [2.05, 4.69) is 13.2 Å². The van der Waals surface area contributed by atoms with Crippen molar-refractivity contribution in [1.29, 1.82) is 0 Å².